The van der Waals surface area contributed by atoms with Gasteiger partial charge in [-0.05, 0) is 67.9 Å². The van der Waals surface area contributed by atoms with Crippen molar-refractivity contribution >= 4 is 32.5 Å². The predicted molar refractivity (Wildman–Crippen MR) is 136 cm³/mol. The van der Waals surface area contributed by atoms with Gasteiger partial charge in [-0.25, -0.2) is 8.42 Å². The molecule has 2 N–H and O–H groups in total. The molecule has 2 aromatic heterocycles. The SMILES string of the molecule is COc1cc(Cn2cccn2)cc2onc(NS(=O)(=O)c3cccc(N4CC5(CCNCC5)C4)c3)c12. The van der Waals surface area contributed by atoms with Gasteiger partial charge in [0.05, 0.1) is 18.6 Å². The minimum atomic E-state index is -3.90. The zero-order valence-electron chi connectivity index (χ0n) is 20.0. The Balaban J connectivity index is 1.24. The molecule has 6 rings (SSSR count). The second kappa shape index (κ2) is 8.82. The maximum absolute atomic E-state index is 13.3. The van der Waals surface area contributed by atoms with Crippen LogP contribution in [0, 0.1) is 5.41 Å². The maximum atomic E-state index is 13.3. The Morgan fingerprint density at radius 3 is 2.75 bits per heavy atom. The van der Waals surface area contributed by atoms with Gasteiger partial charge in [-0.15, -0.1) is 0 Å². The van der Waals surface area contributed by atoms with Crippen molar-refractivity contribution in [2.45, 2.75) is 24.3 Å². The molecule has 2 aromatic carbocycles. The molecule has 2 aliphatic heterocycles. The molecule has 10 nitrogen and oxygen atoms in total. The Kier molecular flexibility index (Phi) is 5.60. The predicted octanol–water partition coefficient (Wildman–Crippen LogP) is 3.07. The normalized spacial score (nSPS) is 17.3. The quantitative estimate of drug-likeness (QED) is 0.392. The average Bonchev–Trinajstić information content (AvgIpc) is 3.52. The van der Waals surface area contributed by atoms with Crippen molar-refractivity contribution in [1.82, 2.24) is 20.3 Å². The number of methoxy groups -OCH3 is 1. The van der Waals surface area contributed by atoms with Crippen molar-refractivity contribution < 1.29 is 17.7 Å². The highest BCUT2D eigenvalue weighted by Crippen LogP contribution is 2.41. The molecule has 1 spiro atoms. The Morgan fingerprint density at radius 2 is 2.00 bits per heavy atom. The Bertz CT molecular complexity index is 1480. The molecular weight excluding hydrogens is 480 g/mol. The molecule has 188 valence electrons. The van der Waals surface area contributed by atoms with E-state index in [0.29, 0.717) is 28.7 Å². The van der Waals surface area contributed by atoms with Crippen molar-refractivity contribution in [3.63, 3.8) is 0 Å². The van der Waals surface area contributed by atoms with Crippen molar-refractivity contribution in [3.8, 4) is 5.75 Å². The molecule has 0 saturated carbocycles. The second-order valence-corrected chi connectivity index (χ2v) is 11.3. The molecule has 4 heterocycles. The number of sulfonamides is 1. The summed E-state index contributed by atoms with van der Waals surface area (Å²) in [6.07, 6.45) is 5.89. The number of nitrogens with zero attached hydrogens (tertiary/aromatic N) is 4. The minimum absolute atomic E-state index is 0.0931. The van der Waals surface area contributed by atoms with Crippen LogP contribution in [0.25, 0.3) is 11.0 Å². The van der Waals surface area contributed by atoms with Gasteiger partial charge in [-0.2, -0.15) is 5.10 Å². The summed E-state index contributed by atoms with van der Waals surface area (Å²) in [6, 6.07) is 12.5. The first-order chi connectivity index (χ1) is 17.4. The fourth-order valence-electron chi connectivity index (χ4n) is 5.25. The number of ether oxygens (including phenoxy) is 1. The number of fused-ring (bicyclic) bond motifs is 1. The summed E-state index contributed by atoms with van der Waals surface area (Å²) in [5, 5.41) is 12.1. The smallest absolute Gasteiger partial charge is 0.263 e. The van der Waals surface area contributed by atoms with E-state index < -0.39 is 10.0 Å². The lowest BCUT2D eigenvalue weighted by Crippen LogP contribution is -2.60. The number of anilines is 2. The molecule has 0 atom stereocenters. The van der Waals surface area contributed by atoms with Crippen molar-refractivity contribution in [2.24, 2.45) is 5.41 Å². The van der Waals surface area contributed by atoms with Crippen LogP contribution in [-0.4, -0.2) is 56.6 Å². The molecule has 4 aromatic rings. The topological polar surface area (TPSA) is 115 Å². The lowest BCUT2D eigenvalue weighted by atomic mass is 9.72. The summed E-state index contributed by atoms with van der Waals surface area (Å²) in [6.45, 7) is 4.52. The first-order valence-electron chi connectivity index (χ1n) is 12.0. The first kappa shape index (κ1) is 22.9. The van der Waals surface area contributed by atoms with Gasteiger partial charge in [0.25, 0.3) is 10.0 Å². The van der Waals surface area contributed by atoms with Crippen LogP contribution >= 0.6 is 0 Å². The highest BCUT2D eigenvalue weighted by molar-refractivity contribution is 7.92. The number of hydrogen-bond donors (Lipinski definition) is 2. The summed E-state index contributed by atoms with van der Waals surface area (Å²) >= 11 is 0. The highest BCUT2D eigenvalue weighted by Gasteiger charge is 2.43. The molecule has 2 aliphatic rings. The Hall–Kier alpha value is -3.57. The molecule has 2 fully saturated rings. The van der Waals surface area contributed by atoms with Crippen LogP contribution in [0.3, 0.4) is 0 Å². The van der Waals surface area contributed by atoms with Crippen LogP contribution in [-0.2, 0) is 16.6 Å². The van der Waals surface area contributed by atoms with E-state index in [4.69, 9.17) is 9.26 Å². The summed E-state index contributed by atoms with van der Waals surface area (Å²) in [5.41, 5.74) is 2.58. The minimum Gasteiger partial charge on any atom is -0.496 e. The summed E-state index contributed by atoms with van der Waals surface area (Å²) in [7, 11) is -2.37. The number of aromatic nitrogens is 3. The lowest BCUT2D eigenvalue weighted by Gasteiger charge is -2.53. The molecule has 36 heavy (non-hydrogen) atoms. The summed E-state index contributed by atoms with van der Waals surface area (Å²) in [4.78, 5) is 2.43. The standard InChI is InChI=1S/C25H28N6O4S/c1-34-21-12-18(15-31-11-3-8-27-31)13-22-23(21)24(28-35-22)29-36(32,33)20-5-2-4-19(14-20)30-16-25(17-30)6-9-26-10-7-25/h2-5,8,11-14,26H,6-7,9-10,15-17H2,1H3,(H,28,29). The van der Waals surface area contributed by atoms with Crippen molar-refractivity contribution in [1.29, 1.82) is 0 Å². The third-order valence-electron chi connectivity index (χ3n) is 7.16. The monoisotopic (exact) mass is 508 g/mol. The third kappa shape index (κ3) is 4.18. The summed E-state index contributed by atoms with van der Waals surface area (Å²) < 4.78 is 42.1. The molecule has 0 bridgehead atoms. The maximum Gasteiger partial charge on any atom is 0.263 e. The van der Waals surface area contributed by atoms with Gasteiger partial charge in [-0.1, -0.05) is 11.2 Å². The summed E-state index contributed by atoms with van der Waals surface area (Å²) in [5.74, 6) is 0.561. The highest BCUT2D eigenvalue weighted by atomic mass is 32.2. The Morgan fingerprint density at radius 1 is 1.17 bits per heavy atom. The molecule has 0 aliphatic carbocycles. The van der Waals surface area contributed by atoms with Gasteiger partial charge in [0.15, 0.2) is 11.4 Å². The van der Waals surface area contributed by atoms with Crippen LogP contribution < -0.4 is 19.7 Å². The molecule has 0 radical (unpaired) electrons. The molecule has 0 unspecified atom stereocenters. The number of hydrogen-bond acceptors (Lipinski definition) is 8. The molecule has 2 saturated heterocycles. The van der Waals surface area contributed by atoms with Gasteiger partial charge >= 0.3 is 0 Å². The van der Waals surface area contributed by atoms with E-state index in [1.54, 1.807) is 29.1 Å². The van der Waals surface area contributed by atoms with E-state index in [-0.39, 0.29) is 10.7 Å². The average molecular weight is 509 g/mol. The first-order valence-corrected chi connectivity index (χ1v) is 13.5. The molecule has 11 heteroatoms. The van der Waals surface area contributed by atoms with Crippen LogP contribution in [0.2, 0.25) is 0 Å². The fraction of sp³-hybridized carbons (Fsp3) is 0.360. The number of nitrogens with one attached hydrogen (secondary N) is 2. The lowest BCUT2D eigenvalue weighted by molar-refractivity contribution is 0.150. The third-order valence-corrected chi connectivity index (χ3v) is 8.50. The molecular formula is C25H28N6O4S. The number of rotatable bonds is 7. The zero-order valence-corrected chi connectivity index (χ0v) is 20.8. The van der Waals surface area contributed by atoms with Crippen LogP contribution in [0.1, 0.15) is 18.4 Å². The Labute approximate surface area is 209 Å². The van der Waals surface area contributed by atoms with E-state index >= 15 is 0 Å². The van der Waals surface area contributed by atoms with Crippen molar-refractivity contribution in [2.75, 3.05) is 42.9 Å². The van der Waals surface area contributed by atoms with Crippen LogP contribution in [0.4, 0.5) is 11.5 Å². The van der Waals surface area contributed by atoms with E-state index in [1.807, 2.05) is 30.5 Å². The van der Waals surface area contributed by atoms with Gasteiger partial charge in [0, 0.05) is 36.6 Å². The van der Waals surface area contributed by atoms with Gasteiger partial charge in [0.2, 0.25) is 0 Å². The number of piperidine rings is 1. The van der Waals surface area contributed by atoms with Crippen molar-refractivity contribution in [3.05, 3.63) is 60.4 Å². The van der Waals surface area contributed by atoms with E-state index in [1.165, 1.54) is 7.11 Å². The fourth-order valence-corrected chi connectivity index (χ4v) is 6.29. The zero-order chi connectivity index (χ0) is 24.8. The van der Waals surface area contributed by atoms with E-state index in [0.717, 1.165) is 50.3 Å². The van der Waals surface area contributed by atoms with Gasteiger partial charge < -0.3 is 19.5 Å². The van der Waals surface area contributed by atoms with E-state index in [2.05, 4.69) is 25.2 Å². The number of benzene rings is 2. The second-order valence-electron chi connectivity index (χ2n) is 9.61. The van der Waals surface area contributed by atoms with Gasteiger partial charge in [0.1, 0.15) is 11.1 Å². The molecule has 0 amide bonds. The van der Waals surface area contributed by atoms with Crippen LogP contribution in [0.15, 0.2) is 64.3 Å². The largest absolute Gasteiger partial charge is 0.496 e. The van der Waals surface area contributed by atoms with E-state index in [9.17, 15) is 8.42 Å². The van der Waals surface area contributed by atoms with Crippen LogP contribution in [0.5, 0.6) is 5.75 Å². The van der Waals surface area contributed by atoms with Gasteiger partial charge in [-0.3, -0.25) is 9.40 Å².